The third kappa shape index (κ3) is 3.64. The monoisotopic (exact) mass is 465 g/mol. The number of nitrogens with zero attached hydrogens (tertiary/aromatic N) is 2. The van der Waals surface area contributed by atoms with Crippen molar-refractivity contribution < 1.29 is 18.4 Å². The maximum Gasteiger partial charge on any atom is 0.323 e. The normalized spacial score (nSPS) is 19.3. The second-order valence-corrected chi connectivity index (χ2v) is 9.41. The number of fused-ring (bicyclic) bond motifs is 2. The molecule has 5 nitrogen and oxygen atoms in total. The quantitative estimate of drug-likeness (QED) is 0.575. The van der Waals surface area contributed by atoms with Crippen LogP contribution in [0, 0.1) is 18.6 Å². The van der Waals surface area contributed by atoms with E-state index in [1.807, 2.05) is 19.1 Å². The van der Waals surface area contributed by atoms with Crippen LogP contribution < -0.4 is 10.2 Å². The molecule has 1 atom stereocenters. The van der Waals surface area contributed by atoms with E-state index in [1.54, 1.807) is 30.3 Å². The molecule has 0 saturated carbocycles. The molecule has 3 aromatic rings. The van der Waals surface area contributed by atoms with Gasteiger partial charge < -0.3 is 10.2 Å². The van der Waals surface area contributed by atoms with Crippen LogP contribution in [0.1, 0.15) is 16.7 Å². The Balaban J connectivity index is 1.53. The van der Waals surface area contributed by atoms with Gasteiger partial charge in [0.25, 0.3) is 5.91 Å². The molecule has 0 radical (unpaired) electrons. The van der Waals surface area contributed by atoms with Gasteiger partial charge in [-0.1, -0.05) is 29.8 Å². The molecule has 1 fully saturated rings. The topological polar surface area (TPSA) is 52.7 Å². The SMILES string of the molecule is Cc1ccc(NC(=O)N2CCS[C@]23C(=O)N(Cc2cccc(F)c2)c2ccc(F)cc23)cc1. The molecule has 2 aliphatic heterocycles. The van der Waals surface area contributed by atoms with E-state index in [4.69, 9.17) is 0 Å². The largest absolute Gasteiger partial charge is 0.323 e. The number of thioether (sulfide) groups is 1. The van der Waals surface area contributed by atoms with E-state index in [2.05, 4.69) is 5.32 Å². The predicted octanol–water partition coefficient (Wildman–Crippen LogP) is 5.25. The zero-order valence-electron chi connectivity index (χ0n) is 17.8. The van der Waals surface area contributed by atoms with Crippen molar-refractivity contribution >= 4 is 35.1 Å². The molecule has 0 aliphatic carbocycles. The minimum Gasteiger partial charge on any atom is -0.308 e. The number of carbonyl (C=O) groups is 2. The van der Waals surface area contributed by atoms with Gasteiger partial charge in [-0.3, -0.25) is 9.69 Å². The molecule has 2 heterocycles. The first kappa shape index (κ1) is 21.5. The van der Waals surface area contributed by atoms with Crippen LogP contribution in [0.2, 0.25) is 0 Å². The molecule has 1 spiro atoms. The summed E-state index contributed by atoms with van der Waals surface area (Å²) in [5, 5.41) is 2.86. The molecule has 3 aromatic carbocycles. The fourth-order valence-corrected chi connectivity index (χ4v) is 5.84. The summed E-state index contributed by atoms with van der Waals surface area (Å²) in [6.45, 7) is 2.40. The highest BCUT2D eigenvalue weighted by molar-refractivity contribution is 8.01. The van der Waals surface area contributed by atoms with E-state index in [-0.39, 0.29) is 12.5 Å². The Bertz CT molecular complexity index is 1250. The Morgan fingerprint density at radius 1 is 1.06 bits per heavy atom. The average molecular weight is 466 g/mol. The number of urea groups is 1. The average Bonchev–Trinajstić information content (AvgIpc) is 3.33. The van der Waals surface area contributed by atoms with Crippen LogP contribution in [0.4, 0.5) is 25.0 Å². The molecule has 33 heavy (non-hydrogen) atoms. The lowest BCUT2D eigenvalue weighted by Gasteiger charge is -2.33. The van der Waals surface area contributed by atoms with Gasteiger partial charge in [-0.25, -0.2) is 13.6 Å². The van der Waals surface area contributed by atoms with Crippen molar-refractivity contribution in [1.82, 2.24) is 4.90 Å². The third-order valence-corrected chi connectivity index (χ3v) is 7.35. The number of hydrogen-bond acceptors (Lipinski definition) is 3. The molecular formula is C25H21F2N3O2S. The van der Waals surface area contributed by atoms with Crippen molar-refractivity contribution in [3.8, 4) is 0 Å². The molecule has 0 bridgehead atoms. The van der Waals surface area contributed by atoms with Crippen molar-refractivity contribution in [1.29, 1.82) is 0 Å². The van der Waals surface area contributed by atoms with Gasteiger partial charge in [0, 0.05) is 23.5 Å². The second-order valence-electron chi connectivity index (χ2n) is 8.12. The highest BCUT2D eigenvalue weighted by Crippen LogP contribution is 2.54. The Hall–Kier alpha value is -3.39. The lowest BCUT2D eigenvalue weighted by molar-refractivity contribution is -0.123. The fraction of sp³-hybridized carbons (Fsp3) is 0.200. The minimum atomic E-state index is -1.38. The Morgan fingerprint density at radius 2 is 1.82 bits per heavy atom. The molecule has 1 saturated heterocycles. The first-order chi connectivity index (χ1) is 15.9. The van der Waals surface area contributed by atoms with Crippen LogP contribution in [-0.4, -0.2) is 29.1 Å². The molecule has 5 rings (SSSR count). The zero-order chi connectivity index (χ0) is 23.2. The van der Waals surface area contributed by atoms with Crippen molar-refractivity contribution in [3.05, 3.63) is 95.1 Å². The smallest absolute Gasteiger partial charge is 0.308 e. The van der Waals surface area contributed by atoms with E-state index in [9.17, 15) is 18.4 Å². The standard InChI is InChI=1S/C25H21F2N3O2S/c1-16-5-8-20(9-6-16)28-24(32)30-11-12-33-25(30)21-14-19(27)7-10-22(21)29(23(25)31)15-17-3-2-4-18(26)13-17/h2-10,13-14H,11-12,15H2,1H3,(H,28,32)/t25-/m1/s1. The second kappa shape index (κ2) is 8.19. The molecule has 0 aromatic heterocycles. The van der Waals surface area contributed by atoms with Crippen LogP contribution in [0.15, 0.2) is 66.7 Å². The lowest BCUT2D eigenvalue weighted by Crippen LogP contribution is -2.51. The fourth-order valence-electron chi connectivity index (χ4n) is 4.39. The van der Waals surface area contributed by atoms with E-state index in [1.165, 1.54) is 45.8 Å². The van der Waals surface area contributed by atoms with E-state index in [0.717, 1.165) is 5.56 Å². The summed E-state index contributed by atoms with van der Waals surface area (Å²) in [6.07, 6.45) is 0. The molecule has 0 unspecified atom stereocenters. The summed E-state index contributed by atoms with van der Waals surface area (Å²) in [5.41, 5.74) is 3.23. The molecule has 1 N–H and O–H groups in total. The summed E-state index contributed by atoms with van der Waals surface area (Å²) in [7, 11) is 0. The Labute approximate surface area is 194 Å². The van der Waals surface area contributed by atoms with Gasteiger partial charge in [-0.15, -0.1) is 11.8 Å². The van der Waals surface area contributed by atoms with Gasteiger partial charge in [-0.2, -0.15) is 0 Å². The van der Waals surface area contributed by atoms with Crippen LogP contribution in [0.25, 0.3) is 0 Å². The van der Waals surface area contributed by atoms with E-state index in [0.29, 0.717) is 34.8 Å². The molecule has 168 valence electrons. The number of carbonyl (C=O) groups excluding carboxylic acids is 2. The van der Waals surface area contributed by atoms with Gasteiger partial charge in [-0.05, 0) is 55.0 Å². The summed E-state index contributed by atoms with van der Waals surface area (Å²) in [5.74, 6) is -0.701. The Morgan fingerprint density at radius 3 is 2.58 bits per heavy atom. The first-order valence-electron chi connectivity index (χ1n) is 10.5. The number of rotatable bonds is 3. The molecule has 3 amide bonds. The summed E-state index contributed by atoms with van der Waals surface area (Å²) >= 11 is 1.31. The van der Waals surface area contributed by atoms with Gasteiger partial charge in [0.1, 0.15) is 11.6 Å². The van der Waals surface area contributed by atoms with Gasteiger partial charge in [0.2, 0.25) is 0 Å². The summed E-state index contributed by atoms with van der Waals surface area (Å²) < 4.78 is 28.1. The van der Waals surface area contributed by atoms with Crippen molar-refractivity contribution in [2.24, 2.45) is 0 Å². The molecule has 8 heteroatoms. The highest BCUT2D eigenvalue weighted by Gasteiger charge is 2.59. The van der Waals surface area contributed by atoms with Crippen LogP contribution in [0.3, 0.4) is 0 Å². The van der Waals surface area contributed by atoms with E-state index >= 15 is 0 Å². The lowest BCUT2D eigenvalue weighted by atomic mass is 10.1. The minimum absolute atomic E-state index is 0.116. The third-order valence-electron chi connectivity index (χ3n) is 5.93. The maximum atomic E-state index is 14.3. The van der Waals surface area contributed by atoms with Crippen molar-refractivity contribution in [2.75, 3.05) is 22.5 Å². The van der Waals surface area contributed by atoms with Crippen molar-refractivity contribution in [3.63, 3.8) is 0 Å². The van der Waals surface area contributed by atoms with Crippen LogP contribution in [0.5, 0.6) is 0 Å². The van der Waals surface area contributed by atoms with Gasteiger partial charge >= 0.3 is 6.03 Å². The predicted molar refractivity (Wildman–Crippen MR) is 125 cm³/mol. The van der Waals surface area contributed by atoms with E-state index < -0.39 is 22.5 Å². The summed E-state index contributed by atoms with van der Waals surface area (Å²) in [4.78, 5) is 28.8. The van der Waals surface area contributed by atoms with Gasteiger partial charge in [0.05, 0.1) is 12.2 Å². The summed E-state index contributed by atoms with van der Waals surface area (Å²) in [6, 6.07) is 17.1. The number of anilines is 2. The highest BCUT2D eigenvalue weighted by atomic mass is 32.2. The zero-order valence-corrected chi connectivity index (χ0v) is 18.7. The maximum absolute atomic E-state index is 14.3. The van der Waals surface area contributed by atoms with Crippen LogP contribution >= 0.6 is 11.8 Å². The number of aryl methyl sites for hydroxylation is 1. The Kier molecular flexibility index (Phi) is 5.32. The number of benzene rings is 3. The van der Waals surface area contributed by atoms with Crippen molar-refractivity contribution in [2.45, 2.75) is 18.3 Å². The molecule has 2 aliphatic rings. The number of hydrogen-bond donors (Lipinski definition) is 1. The van der Waals surface area contributed by atoms with Gasteiger partial charge in [0.15, 0.2) is 4.87 Å². The number of nitrogens with one attached hydrogen (secondary N) is 1. The molecular weight excluding hydrogens is 444 g/mol. The number of halogens is 2. The van der Waals surface area contributed by atoms with Crippen LogP contribution in [-0.2, 0) is 16.2 Å². The number of amides is 3. The first-order valence-corrected chi connectivity index (χ1v) is 11.5.